The molecule has 0 radical (unpaired) electrons. The molecule has 1 N–H and O–H groups in total. The molecular formula is C24H14BrF3N4O2. The largest absolute Gasteiger partial charge is 0.573 e. The molecule has 0 saturated carbocycles. The zero-order chi connectivity index (χ0) is 23.9. The van der Waals surface area contributed by atoms with Crippen LogP contribution in [0.2, 0.25) is 0 Å². The van der Waals surface area contributed by atoms with E-state index in [0.717, 1.165) is 22.2 Å². The van der Waals surface area contributed by atoms with E-state index in [-0.39, 0.29) is 11.6 Å². The molecule has 2 heterocycles. The van der Waals surface area contributed by atoms with E-state index in [1.54, 1.807) is 4.68 Å². The third kappa shape index (κ3) is 4.32. The monoisotopic (exact) mass is 526 g/mol. The highest BCUT2D eigenvalue weighted by atomic mass is 79.9. The molecular weight excluding hydrogens is 513 g/mol. The smallest absolute Gasteiger partial charge is 0.406 e. The second-order valence-electron chi connectivity index (χ2n) is 7.29. The summed E-state index contributed by atoms with van der Waals surface area (Å²) < 4.78 is 43.8. The number of aromatic nitrogens is 4. The first-order valence-corrected chi connectivity index (χ1v) is 10.8. The fraction of sp³-hybridized carbons (Fsp3) is 0.0417. The molecule has 0 atom stereocenters. The van der Waals surface area contributed by atoms with Crippen molar-refractivity contribution < 1.29 is 17.9 Å². The molecule has 3 aromatic carbocycles. The summed E-state index contributed by atoms with van der Waals surface area (Å²) in [5.41, 5.74) is 2.21. The molecule has 0 fully saturated rings. The van der Waals surface area contributed by atoms with Gasteiger partial charge in [0, 0.05) is 15.6 Å². The summed E-state index contributed by atoms with van der Waals surface area (Å²) in [6, 6.07) is 21.7. The molecule has 0 bridgehead atoms. The molecule has 0 unspecified atom stereocenters. The van der Waals surface area contributed by atoms with Crippen molar-refractivity contribution in [2.24, 2.45) is 0 Å². The summed E-state index contributed by atoms with van der Waals surface area (Å²) in [6.07, 6.45) is -4.79. The van der Waals surface area contributed by atoms with E-state index in [9.17, 15) is 18.0 Å². The Balaban J connectivity index is 1.68. The molecule has 0 aliphatic carbocycles. The van der Waals surface area contributed by atoms with Gasteiger partial charge in [0.1, 0.15) is 22.7 Å². The first-order valence-electron chi connectivity index (χ1n) is 9.99. The molecule has 170 valence electrons. The van der Waals surface area contributed by atoms with E-state index in [2.05, 4.69) is 35.7 Å². The van der Waals surface area contributed by atoms with Crippen molar-refractivity contribution in [3.8, 4) is 34.1 Å². The van der Waals surface area contributed by atoms with Gasteiger partial charge in [-0.2, -0.15) is 5.10 Å². The van der Waals surface area contributed by atoms with Gasteiger partial charge in [0.05, 0.1) is 5.69 Å². The van der Waals surface area contributed by atoms with Crippen LogP contribution in [-0.4, -0.2) is 26.1 Å². The number of aromatic amines is 1. The van der Waals surface area contributed by atoms with E-state index >= 15 is 0 Å². The Hall–Kier alpha value is -3.92. The summed E-state index contributed by atoms with van der Waals surface area (Å²) in [7, 11) is 0. The van der Waals surface area contributed by atoms with E-state index in [1.165, 1.54) is 12.1 Å². The highest BCUT2D eigenvalue weighted by Gasteiger charge is 2.31. The minimum Gasteiger partial charge on any atom is -0.406 e. The third-order valence-corrected chi connectivity index (χ3v) is 5.55. The van der Waals surface area contributed by atoms with E-state index < -0.39 is 11.9 Å². The first kappa shape index (κ1) is 21.9. The van der Waals surface area contributed by atoms with Crippen LogP contribution < -0.4 is 10.3 Å². The summed E-state index contributed by atoms with van der Waals surface area (Å²) in [5, 5.41) is 4.98. The molecule has 10 heteroatoms. The molecule has 34 heavy (non-hydrogen) atoms. The quantitative estimate of drug-likeness (QED) is 0.307. The van der Waals surface area contributed by atoms with Crippen molar-refractivity contribution in [3.63, 3.8) is 0 Å². The van der Waals surface area contributed by atoms with Crippen LogP contribution in [-0.2, 0) is 0 Å². The van der Waals surface area contributed by atoms with Crippen LogP contribution in [0.4, 0.5) is 13.2 Å². The number of halogens is 4. The summed E-state index contributed by atoms with van der Waals surface area (Å²) in [5.74, 6) is -0.179. The SMILES string of the molecule is O=c1[nH]c(-c2ccc(OC(F)(F)F)cc2)nc2c1c(-c1ccc(Br)cc1)nn2-c1ccccc1. The summed E-state index contributed by atoms with van der Waals surface area (Å²) >= 11 is 3.40. The number of para-hydroxylation sites is 1. The number of nitrogens with one attached hydrogen (secondary N) is 1. The Morgan fingerprint density at radius 1 is 0.882 bits per heavy atom. The van der Waals surface area contributed by atoms with Crippen molar-refractivity contribution in [1.82, 2.24) is 19.7 Å². The lowest BCUT2D eigenvalue weighted by molar-refractivity contribution is -0.274. The standard InChI is InChI=1S/C24H14BrF3N4O2/c25-16-10-6-14(7-11-16)20-19-22(32(31-20)17-4-2-1-3-5-17)29-21(30-23(19)33)15-8-12-18(13-9-15)34-24(26,27)28/h1-13H,(H,29,30,33). The highest BCUT2D eigenvalue weighted by Crippen LogP contribution is 2.30. The maximum atomic E-state index is 13.2. The van der Waals surface area contributed by atoms with Crippen molar-refractivity contribution in [1.29, 1.82) is 0 Å². The van der Waals surface area contributed by atoms with Crippen LogP contribution in [0.15, 0.2) is 88.1 Å². The molecule has 6 nitrogen and oxygen atoms in total. The van der Waals surface area contributed by atoms with Gasteiger partial charge in [0.25, 0.3) is 5.56 Å². The fourth-order valence-corrected chi connectivity index (χ4v) is 3.80. The van der Waals surface area contributed by atoms with Gasteiger partial charge >= 0.3 is 6.36 Å². The second-order valence-corrected chi connectivity index (χ2v) is 8.20. The molecule has 0 spiro atoms. The van der Waals surface area contributed by atoms with Crippen LogP contribution in [0.25, 0.3) is 39.4 Å². The number of fused-ring (bicyclic) bond motifs is 1. The normalized spacial score (nSPS) is 11.6. The number of ether oxygens (including phenoxy) is 1. The number of benzene rings is 3. The van der Waals surface area contributed by atoms with Crippen LogP contribution >= 0.6 is 15.9 Å². The van der Waals surface area contributed by atoms with E-state index in [0.29, 0.717) is 28.0 Å². The van der Waals surface area contributed by atoms with Crippen LogP contribution in [0.5, 0.6) is 5.75 Å². The van der Waals surface area contributed by atoms with Crippen LogP contribution in [0, 0.1) is 0 Å². The van der Waals surface area contributed by atoms with Crippen molar-refractivity contribution in [2.75, 3.05) is 0 Å². The van der Waals surface area contributed by atoms with Crippen LogP contribution in [0.1, 0.15) is 0 Å². The van der Waals surface area contributed by atoms with Gasteiger partial charge in [-0.15, -0.1) is 13.2 Å². The van der Waals surface area contributed by atoms with Gasteiger partial charge in [-0.05, 0) is 48.5 Å². The number of alkyl halides is 3. The molecule has 0 aliphatic rings. The molecule has 5 rings (SSSR count). The zero-order valence-corrected chi connectivity index (χ0v) is 18.8. The molecule has 0 saturated heterocycles. The van der Waals surface area contributed by atoms with Gasteiger partial charge in [-0.25, -0.2) is 9.67 Å². The van der Waals surface area contributed by atoms with Gasteiger partial charge in [0.2, 0.25) is 0 Å². The Morgan fingerprint density at radius 2 is 1.53 bits per heavy atom. The van der Waals surface area contributed by atoms with Crippen molar-refractivity contribution in [3.05, 3.63) is 93.7 Å². The minimum atomic E-state index is -4.79. The topological polar surface area (TPSA) is 72.8 Å². The average Bonchev–Trinajstić information content (AvgIpc) is 3.20. The Kier molecular flexibility index (Phi) is 5.45. The highest BCUT2D eigenvalue weighted by molar-refractivity contribution is 9.10. The lowest BCUT2D eigenvalue weighted by atomic mass is 10.1. The number of hydrogen-bond acceptors (Lipinski definition) is 4. The van der Waals surface area contributed by atoms with Gasteiger partial charge in [0.15, 0.2) is 5.65 Å². The predicted octanol–water partition coefficient (Wildman–Crippen LogP) is 6.10. The molecule has 0 amide bonds. The zero-order valence-electron chi connectivity index (χ0n) is 17.2. The lowest BCUT2D eigenvalue weighted by Crippen LogP contribution is -2.17. The number of rotatable bonds is 4. The fourth-order valence-electron chi connectivity index (χ4n) is 3.54. The number of H-pyrrole nitrogens is 1. The van der Waals surface area contributed by atoms with Gasteiger partial charge in [-0.3, -0.25) is 4.79 Å². The second kappa shape index (κ2) is 8.45. The Morgan fingerprint density at radius 3 is 2.18 bits per heavy atom. The molecule has 2 aromatic heterocycles. The van der Waals surface area contributed by atoms with Crippen LogP contribution in [0.3, 0.4) is 0 Å². The predicted molar refractivity (Wildman–Crippen MR) is 125 cm³/mol. The van der Waals surface area contributed by atoms with E-state index in [1.807, 2.05) is 54.6 Å². The van der Waals surface area contributed by atoms with Crippen molar-refractivity contribution >= 4 is 27.0 Å². The summed E-state index contributed by atoms with van der Waals surface area (Å²) in [4.78, 5) is 20.6. The number of hydrogen-bond donors (Lipinski definition) is 1. The molecule has 5 aromatic rings. The van der Waals surface area contributed by atoms with E-state index in [4.69, 9.17) is 0 Å². The van der Waals surface area contributed by atoms with Gasteiger partial charge < -0.3 is 9.72 Å². The minimum absolute atomic E-state index is 0.190. The van der Waals surface area contributed by atoms with Gasteiger partial charge in [-0.1, -0.05) is 46.3 Å². The third-order valence-electron chi connectivity index (χ3n) is 5.02. The number of nitrogens with zero attached hydrogens (tertiary/aromatic N) is 3. The Bertz CT molecular complexity index is 1530. The maximum Gasteiger partial charge on any atom is 0.573 e. The lowest BCUT2D eigenvalue weighted by Gasteiger charge is -2.09. The summed E-state index contributed by atoms with van der Waals surface area (Å²) in [6.45, 7) is 0. The average molecular weight is 527 g/mol. The Labute approximate surface area is 198 Å². The van der Waals surface area contributed by atoms with Crippen molar-refractivity contribution in [2.45, 2.75) is 6.36 Å². The first-order chi connectivity index (χ1) is 16.3. The maximum absolute atomic E-state index is 13.2. The molecule has 0 aliphatic heterocycles.